The highest BCUT2D eigenvalue weighted by Crippen LogP contribution is 2.23. The summed E-state index contributed by atoms with van der Waals surface area (Å²) in [6, 6.07) is 10.9. The topological polar surface area (TPSA) is 67.4 Å². The van der Waals surface area contributed by atoms with Crippen LogP contribution in [0.4, 0.5) is 0 Å². The van der Waals surface area contributed by atoms with E-state index in [1.54, 1.807) is 18.2 Å². The smallest absolute Gasteiger partial charge is 0.273 e. The molecule has 6 heteroatoms. The third-order valence-electron chi connectivity index (χ3n) is 4.50. The normalized spacial score (nSPS) is 12.8. The standard InChI is InChI=1S/C20H21ClN2O3/c1-26-18-12-16(21)8-9-17(18)20(25)23-22-19(24)11-13-6-7-14-4-2-3-5-15(14)10-13/h6-10,12H,2-5,11H2,1H3,(H,22,24)(H,23,25). The van der Waals surface area contributed by atoms with E-state index in [1.165, 1.54) is 31.1 Å². The number of carbonyl (C=O) groups is 2. The molecule has 1 aliphatic carbocycles. The van der Waals surface area contributed by atoms with Crippen molar-refractivity contribution in [3.05, 3.63) is 63.7 Å². The number of rotatable bonds is 4. The van der Waals surface area contributed by atoms with Crippen LogP contribution in [0.25, 0.3) is 0 Å². The van der Waals surface area contributed by atoms with Crippen LogP contribution in [0.5, 0.6) is 5.75 Å². The molecule has 0 fully saturated rings. The summed E-state index contributed by atoms with van der Waals surface area (Å²) in [5.41, 5.74) is 8.81. The second kappa shape index (κ2) is 8.23. The van der Waals surface area contributed by atoms with Gasteiger partial charge in [-0.1, -0.05) is 29.8 Å². The maximum atomic E-state index is 12.2. The van der Waals surface area contributed by atoms with E-state index in [1.807, 2.05) is 6.07 Å². The van der Waals surface area contributed by atoms with Gasteiger partial charge in [0, 0.05) is 5.02 Å². The molecule has 0 atom stereocenters. The molecule has 0 saturated heterocycles. The fourth-order valence-corrected chi connectivity index (χ4v) is 3.33. The highest BCUT2D eigenvalue weighted by atomic mass is 35.5. The number of carbonyl (C=O) groups excluding carboxylic acids is 2. The summed E-state index contributed by atoms with van der Waals surface area (Å²) in [6.07, 6.45) is 4.82. The lowest BCUT2D eigenvalue weighted by Gasteiger charge is -2.16. The first kappa shape index (κ1) is 18.3. The summed E-state index contributed by atoms with van der Waals surface area (Å²) in [7, 11) is 1.46. The fraction of sp³-hybridized carbons (Fsp3) is 0.300. The molecule has 0 unspecified atom stereocenters. The van der Waals surface area contributed by atoms with Gasteiger partial charge in [-0.05, 0) is 60.6 Å². The second-order valence-corrected chi connectivity index (χ2v) is 6.77. The average Bonchev–Trinajstić information content (AvgIpc) is 2.66. The third-order valence-corrected chi connectivity index (χ3v) is 4.74. The van der Waals surface area contributed by atoms with Crippen molar-refractivity contribution in [1.82, 2.24) is 10.9 Å². The number of amides is 2. The number of ether oxygens (including phenoxy) is 1. The van der Waals surface area contributed by atoms with E-state index in [0.717, 1.165) is 18.4 Å². The van der Waals surface area contributed by atoms with Crippen molar-refractivity contribution >= 4 is 23.4 Å². The molecule has 0 radical (unpaired) electrons. The lowest BCUT2D eigenvalue weighted by Crippen LogP contribution is -2.42. The van der Waals surface area contributed by atoms with Crippen molar-refractivity contribution in [2.45, 2.75) is 32.1 Å². The Labute approximate surface area is 157 Å². The first-order chi connectivity index (χ1) is 12.6. The van der Waals surface area contributed by atoms with Gasteiger partial charge < -0.3 is 4.74 Å². The second-order valence-electron chi connectivity index (χ2n) is 6.33. The maximum absolute atomic E-state index is 12.2. The largest absolute Gasteiger partial charge is 0.496 e. The average molecular weight is 373 g/mol. The number of benzene rings is 2. The molecule has 2 N–H and O–H groups in total. The minimum atomic E-state index is -0.461. The number of fused-ring (bicyclic) bond motifs is 1. The van der Waals surface area contributed by atoms with Crippen LogP contribution in [0.3, 0.4) is 0 Å². The number of aryl methyl sites for hydroxylation is 2. The Balaban J connectivity index is 1.58. The van der Waals surface area contributed by atoms with Crippen LogP contribution in [-0.2, 0) is 24.1 Å². The molecule has 0 spiro atoms. The molecule has 0 bridgehead atoms. The number of nitrogens with one attached hydrogen (secondary N) is 2. The minimum Gasteiger partial charge on any atom is -0.496 e. The van der Waals surface area contributed by atoms with Crippen molar-refractivity contribution in [2.75, 3.05) is 7.11 Å². The van der Waals surface area contributed by atoms with Crippen LogP contribution < -0.4 is 15.6 Å². The Morgan fingerprint density at radius 2 is 1.81 bits per heavy atom. The van der Waals surface area contributed by atoms with Gasteiger partial charge in [0.15, 0.2) is 0 Å². The molecule has 2 aromatic rings. The molecular formula is C20H21ClN2O3. The van der Waals surface area contributed by atoms with Crippen LogP contribution in [0.1, 0.15) is 39.9 Å². The van der Waals surface area contributed by atoms with Gasteiger partial charge in [0.2, 0.25) is 5.91 Å². The summed E-state index contributed by atoms with van der Waals surface area (Å²) >= 11 is 5.89. The Kier molecular flexibility index (Phi) is 5.78. The highest BCUT2D eigenvalue weighted by molar-refractivity contribution is 6.30. The molecule has 136 valence electrons. The van der Waals surface area contributed by atoms with E-state index in [4.69, 9.17) is 16.3 Å². The zero-order valence-electron chi connectivity index (χ0n) is 14.6. The van der Waals surface area contributed by atoms with E-state index < -0.39 is 5.91 Å². The Morgan fingerprint density at radius 1 is 1.04 bits per heavy atom. The number of hydrogen-bond donors (Lipinski definition) is 2. The van der Waals surface area contributed by atoms with E-state index in [9.17, 15) is 9.59 Å². The summed E-state index contributed by atoms with van der Waals surface area (Å²) in [6.45, 7) is 0. The van der Waals surface area contributed by atoms with Crippen LogP contribution in [0.15, 0.2) is 36.4 Å². The zero-order chi connectivity index (χ0) is 18.5. The number of halogens is 1. The molecule has 0 saturated carbocycles. The summed E-state index contributed by atoms with van der Waals surface area (Å²) in [5.74, 6) is -0.390. The van der Waals surface area contributed by atoms with Crippen molar-refractivity contribution in [3.63, 3.8) is 0 Å². The van der Waals surface area contributed by atoms with Gasteiger partial charge in [0.05, 0.1) is 19.1 Å². The van der Waals surface area contributed by atoms with E-state index in [0.29, 0.717) is 16.3 Å². The van der Waals surface area contributed by atoms with Gasteiger partial charge in [-0.3, -0.25) is 20.4 Å². The first-order valence-corrected chi connectivity index (χ1v) is 8.98. The van der Waals surface area contributed by atoms with Crippen LogP contribution >= 0.6 is 11.6 Å². The predicted octanol–water partition coefficient (Wildman–Crippen LogP) is 3.23. The fourth-order valence-electron chi connectivity index (χ4n) is 3.17. The lowest BCUT2D eigenvalue weighted by atomic mass is 9.90. The number of hydrogen-bond acceptors (Lipinski definition) is 3. The molecule has 1 aliphatic rings. The minimum absolute atomic E-state index is 0.214. The monoisotopic (exact) mass is 372 g/mol. The third kappa shape index (κ3) is 4.35. The molecule has 0 heterocycles. The van der Waals surface area contributed by atoms with E-state index in [2.05, 4.69) is 23.0 Å². The van der Waals surface area contributed by atoms with Crippen LogP contribution in [0, 0.1) is 0 Å². The van der Waals surface area contributed by atoms with Gasteiger partial charge in [0.1, 0.15) is 5.75 Å². The van der Waals surface area contributed by atoms with Gasteiger partial charge in [-0.15, -0.1) is 0 Å². The molecule has 3 rings (SSSR count). The van der Waals surface area contributed by atoms with E-state index in [-0.39, 0.29) is 12.3 Å². The molecule has 0 aromatic heterocycles. The van der Waals surface area contributed by atoms with Crippen molar-refractivity contribution in [1.29, 1.82) is 0 Å². The van der Waals surface area contributed by atoms with Crippen molar-refractivity contribution < 1.29 is 14.3 Å². The summed E-state index contributed by atoms with van der Waals surface area (Å²) < 4.78 is 5.14. The summed E-state index contributed by atoms with van der Waals surface area (Å²) in [5, 5.41) is 0.467. The van der Waals surface area contributed by atoms with Gasteiger partial charge in [-0.25, -0.2) is 0 Å². The summed E-state index contributed by atoms with van der Waals surface area (Å²) in [4.78, 5) is 24.4. The first-order valence-electron chi connectivity index (χ1n) is 8.60. The van der Waals surface area contributed by atoms with Gasteiger partial charge in [-0.2, -0.15) is 0 Å². The van der Waals surface area contributed by atoms with Gasteiger partial charge in [0.25, 0.3) is 5.91 Å². The number of hydrazine groups is 1. The quantitative estimate of drug-likeness (QED) is 0.810. The molecule has 0 aliphatic heterocycles. The van der Waals surface area contributed by atoms with Crippen LogP contribution in [0.2, 0.25) is 5.02 Å². The zero-order valence-corrected chi connectivity index (χ0v) is 15.4. The molecule has 5 nitrogen and oxygen atoms in total. The molecule has 2 aromatic carbocycles. The SMILES string of the molecule is COc1cc(Cl)ccc1C(=O)NNC(=O)Cc1ccc2c(c1)CCCC2. The lowest BCUT2D eigenvalue weighted by molar-refractivity contribution is -0.121. The van der Waals surface area contributed by atoms with Crippen LogP contribution in [-0.4, -0.2) is 18.9 Å². The Bertz CT molecular complexity index is 836. The van der Waals surface area contributed by atoms with Gasteiger partial charge >= 0.3 is 0 Å². The van der Waals surface area contributed by atoms with Crippen molar-refractivity contribution in [3.8, 4) is 5.75 Å². The maximum Gasteiger partial charge on any atom is 0.273 e. The predicted molar refractivity (Wildman–Crippen MR) is 100 cm³/mol. The highest BCUT2D eigenvalue weighted by Gasteiger charge is 2.14. The molecular weight excluding hydrogens is 352 g/mol. The molecule has 2 amide bonds. The molecule has 26 heavy (non-hydrogen) atoms. The Hall–Kier alpha value is -2.53. The number of methoxy groups -OCH3 is 1. The van der Waals surface area contributed by atoms with Crippen molar-refractivity contribution in [2.24, 2.45) is 0 Å². The Morgan fingerprint density at radius 3 is 2.58 bits per heavy atom. The van der Waals surface area contributed by atoms with E-state index >= 15 is 0 Å².